The first kappa shape index (κ1) is 10.4. The van der Waals surface area contributed by atoms with Gasteiger partial charge in [-0.3, -0.25) is 14.7 Å². The van der Waals surface area contributed by atoms with Gasteiger partial charge in [0.1, 0.15) is 12.4 Å². The number of amides is 1. The van der Waals surface area contributed by atoms with E-state index in [2.05, 4.69) is 18.8 Å². The van der Waals surface area contributed by atoms with Gasteiger partial charge in [0, 0.05) is 17.5 Å². The van der Waals surface area contributed by atoms with Crippen LogP contribution >= 0.6 is 11.3 Å². The van der Waals surface area contributed by atoms with E-state index < -0.39 is 0 Å². The summed E-state index contributed by atoms with van der Waals surface area (Å²) in [5.74, 6) is 1.43. The lowest BCUT2D eigenvalue weighted by atomic mass is 10.2. The fraction of sp³-hybridized carbons (Fsp3) is 0.455. The summed E-state index contributed by atoms with van der Waals surface area (Å²) in [6.07, 6.45) is 0. The Morgan fingerprint density at radius 3 is 3.00 bits per heavy atom. The van der Waals surface area contributed by atoms with Crippen LogP contribution in [0.5, 0.6) is 0 Å². The average molecular weight is 222 g/mol. The Balaban J connectivity index is 2.21. The minimum Gasteiger partial charge on any atom is -0.295 e. The van der Waals surface area contributed by atoms with Crippen molar-refractivity contribution in [1.82, 2.24) is 4.90 Å². The predicted octanol–water partition coefficient (Wildman–Crippen LogP) is 1.99. The predicted molar refractivity (Wildman–Crippen MR) is 62.3 cm³/mol. The normalized spacial score (nSPS) is 16.3. The van der Waals surface area contributed by atoms with Gasteiger partial charge in [-0.1, -0.05) is 13.8 Å². The summed E-state index contributed by atoms with van der Waals surface area (Å²) in [5.41, 5.74) is 1.06. The van der Waals surface area contributed by atoms with Gasteiger partial charge in [-0.25, -0.2) is 0 Å². The minimum absolute atomic E-state index is 0.116. The molecule has 0 unspecified atom stereocenters. The molecule has 0 N–H and O–H groups in total. The summed E-state index contributed by atoms with van der Waals surface area (Å²) < 4.78 is 0. The third kappa shape index (κ3) is 2.09. The molecular formula is C11H14N2OS. The maximum atomic E-state index is 11.6. The molecule has 0 fully saturated rings. The Bertz CT molecular complexity index is 381. The van der Waals surface area contributed by atoms with Gasteiger partial charge in [-0.15, -0.1) is 0 Å². The first-order chi connectivity index (χ1) is 7.18. The highest BCUT2D eigenvalue weighted by Gasteiger charge is 2.26. The number of amidine groups is 1. The number of carbonyl (C=O) groups is 1. The van der Waals surface area contributed by atoms with Crippen molar-refractivity contribution in [3.05, 3.63) is 22.4 Å². The zero-order valence-electron chi connectivity index (χ0n) is 8.93. The van der Waals surface area contributed by atoms with E-state index in [4.69, 9.17) is 0 Å². The summed E-state index contributed by atoms with van der Waals surface area (Å²) in [6.45, 7) is 5.28. The molecule has 0 spiro atoms. The Hall–Kier alpha value is -1.16. The number of nitrogens with zero attached hydrogens (tertiary/aromatic N) is 2. The highest BCUT2D eigenvalue weighted by Crippen LogP contribution is 2.16. The second-order valence-electron chi connectivity index (χ2n) is 4.05. The van der Waals surface area contributed by atoms with Gasteiger partial charge < -0.3 is 0 Å². The molecule has 1 amide bonds. The van der Waals surface area contributed by atoms with Crippen molar-refractivity contribution in [2.75, 3.05) is 13.1 Å². The molecule has 3 nitrogen and oxygen atoms in total. The Morgan fingerprint density at radius 1 is 1.60 bits per heavy atom. The molecule has 0 bridgehead atoms. The van der Waals surface area contributed by atoms with Crippen molar-refractivity contribution in [3.63, 3.8) is 0 Å². The Labute approximate surface area is 93.4 Å². The van der Waals surface area contributed by atoms with E-state index in [1.807, 2.05) is 16.8 Å². The zero-order valence-corrected chi connectivity index (χ0v) is 9.75. The molecule has 0 radical (unpaired) electrons. The third-order valence-corrected chi connectivity index (χ3v) is 2.93. The molecule has 15 heavy (non-hydrogen) atoms. The lowest BCUT2D eigenvalue weighted by molar-refractivity contribution is -0.125. The lowest BCUT2D eigenvalue weighted by Gasteiger charge is -2.19. The van der Waals surface area contributed by atoms with E-state index in [9.17, 15) is 4.79 Å². The van der Waals surface area contributed by atoms with Crippen LogP contribution in [0.4, 0.5) is 0 Å². The molecule has 2 heterocycles. The fourth-order valence-electron chi connectivity index (χ4n) is 1.62. The Morgan fingerprint density at radius 2 is 2.40 bits per heavy atom. The second-order valence-corrected chi connectivity index (χ2v) is 4.83. The van der Waals surface area contributed by atoms with Crippen LogP contribution in [0, 0.1) is 5.92 Å². The van der Waals surface area contributed by atoms with Crippen molar-refractivity contribution in [1.29, 1.82) is 0 Å². The van der Waals surface area contributed by atoms with E-state index in [-0.39, 0.29) is 5.91 Å². The van der Waals surface area contributed by atoms with Crippen LogP contribution in [0.3, 0.4) is 0 Å². The zero-order chi connectivity index (χ0) is 10.8. The second kappa shape index (κ2) is 4.14. The molecule has 1 aromatic heterocycles. The fourth-order valence-corrected chi connectivity index (χ4v) is 2.26. The molecule has 2 rings (SSSR count). The molecule has 0 atom stereocenters. The van der Waals surface area contributed by atoms with E-state index >= 15 is 0 Å². The van der Waals surface area contributed by atoms with Crippen LogP contribution in [0.15, 0.2) is 21.8 Å². The number of thiophene rings is 1. The van der Waals surface area contributed by atoms with Gasteiger partial charge in [0.15, 0.2) is 0 Å². The smallest absolute Gasteiger partial charge is 0.249 e. The standard InChI is InChI=1S/C11H14N2OS/c1-8(2)6-13-10(14)5-12-11(13)9-3-4-15-7-9/h3-4,7-8H,5-6H2,1-2H3. The van der Waals surface area contributed by atoms with Crippen molar-refractivity contribution in [2.24, 2.45) is 10.9 Å². The summed E-state index contributed by atoms with van der Waals surface area (Å²) in [4.78, 5) is 17.7. The van der Waals surface area contributed by atoms with Crippen molar-refractivity contribution in [3.8, 4) is 0 Å². The molecule has 0 aromatic carbocycles. The molecule has 1 aliphatic heterocycles. The molecule has 0 saturated carbocycles. The van der Waals surface area contributed by atoms with Crippen LogP contribution in [-0.4, -0.2) is 29.7 Å². The molecule has 1 aromatic rings. The van der Waals surface area contributed by atoms with E-state index in [1.54, 1.807) is 16.2 Å². The van der Waals surface area contributed by atoms with Crippen LogP contribution < -0.4 is 0 Å². The van der Waals surface area contributed by atoms with Gasteiger partial charge in [0.25, 0.3) is 0 Å². The largest absolute Gasteiger partial charge is 0.295 e. The maximum absolute atomic E-state index is 11.6. The first-order valence-corrected chi connectivity index (χ1v) is 6.00. The third-order valence-electron chi connectivity index (χ3n) is 2.25. The van der Waals surface area contributed by atoms with Gasteiger partial charge in [-0.2, -0.15) is 11.3 Å². The van der Waals surface area contributed by atoms with Crippen LogP contribution in [0.25, 0.3) is 0 Å². The molecular weight excluding hydrogens is 208 g/mol. The van der Waals surface area contributed by atoms with Gasteiger partial charge >= 0.3 is 0 Å². The summed E-state index contributed by atoms with van der Waals surface area (Å²) in [6, 6.07) is 2.01. The molecule has 4 heteroatoms. The number of aliphatic imine (C=N–C) groups is 1. The van der Waals surface area contributed by atoms with Crippen molar-refractivity contribution < 1.29 is 4.79 Å². The van der Waals surface area contributed by atoms with Gasteiger partial charge in [-0.05, 0) is 17.4 Å². The summed E-state index contributed by atoms with van der Waals surface area (Å²) in [5, 5.41) is 4.04. The highest BCUT2D eigenvalue weighted by atomic mass is 32.1. The molecule has 0 saturated heterocycles. The number of rotatable bonds is 3. The number of hydrogen-bond donors (Lipinski definition) is 0. The van der Waals surface area contributed by atoms with Crippen LogP contribution in [-0.2, 0) is 4.79 Å². The van der Waals surface area contributed by atoms with E-state index in [1.165, 1.54) is 0 Å². The molecule has 1 aliphatic rings. The van der Waals surface area contributed by atoms with Crippen LogP contribution in [0.2, 0.25) is 0 Å². The van der Waals surface area contributed by atoms with Gasteiger partial charge in [0.05, 0.1) is 0 Å². The number of hydrogen-bond acceptors (Lipinski definition) is 3. The average Bonchev–Trinajstić information content (AvgIpc) is 2.76. The topological polar surface area (TPSA) is 32.7 Å². The number of carbonyl (C=O) groups excluding carboxylic acids is 1. The van der Waals surface area contributed by atoms with E-state index in [0.29, 0.717) is 12.5 Å². The quantitative estimate of drug-likeness (QED) is 0.770. The van der Waals surface area contributed by atoms with E-state index in [0.717, 1.165) is 17.9 Å². The Kier molecular flexibility index (Phi) is 2.86. The highest BCUT2D eigenvalue weighted by molar-refractivity contribution is 7.08. The lowest BCUT2D eigenvalue weighted by Crippen LogP contribution is -2.35. The van der Waals surface area contributed by atoms with Crippen LogP contribution in [0.1, 0.15) is 19.4 Å². The van der Waals surface area contributed by atoms with Gasteiger partial charge in [0.2, 0.25) is 5.91 Å². The molecule has 80 valence electrons. The van der Waals surface area contributed by atoms with Crippen molar-refractivity contribution >= 4 is 23.1 Å². The summed E-state index contributed by atoms with van der Waals surface area (Å²) >= 11 is 1.63. The molecule has 0 aliphatic carbocycles. The first-order valence-electron chi connectivity index (χ1n) is 5.06. The maximum Gasteiger partial charge on any atom is 0.249 e. The minimum atomic E-state index is 0.116. The monoisotopic (exact) mass is 222 g/mol. The SMILES string of the molecule is CC(C)CN1C(=O)CN=C1c1ccsc1. The van der Waals surface area contributed by atoms with Crippen molar-refractivity contribution in [2.45, 2.75) is 13.8 Å². The summed E-state index contributed by atoms with van der Waals surface area (Å²) in [7, 11) is 0.